The van der Waals surface area contributed by atoms with E-state index in [4.69, 9.17) is 16.3 Å². The van der Waals surface area contributed by atoms with Crippen LogP contribution < -0.4 is 4.74 Å². The van der Waals surface area contributed by atoms with Crippen LogP contribution in [0.15, 0.2) is 71.5 Å². The zero-order chi connectivity index (χ0) is 23.5. The zero-order valence-electron chi connectivity index (χ0n) is 17.9. The number of benzene rings is 2. The van der Waals surface area contributed by atoms with Crippen molar-refractivity contribution in [3.05, 3.63) is 93.2 Å². The molecule has 33 heavy (non-hydrogen) atoms. The molecule has 1 amide bonds. The van der Waals surface area contributed by atoms with E-state index < -0.39 is 29.1 Å². The Hall–Kier alpha value is -2.45. The van der Waals surface area contributed by atoms with E-state index in [1.165, 1.54) is 17.3 Å². The lowest BCUT2D eigenvalue weighted by molar-refractivity contribution is -0.155. The lowest BCUT2D eigenvalue weighted by atomic mass is 9.70. The van der Waals surface area contributed by atoms with E-state index in [1.54, 1.807) is 14.1 Å². The molecule has 0 saturated heterocycles. The van der Waals surface area contributed by atoms with Crippen LogP contribution in [0.3, 0.4) is 0 Å². The number of pyridine rings is 1. The number of amides is 1. The summed E-state index contributed by atoms with van der Waals surface area (Å²) in [6, 6.07) is 16.7. The van der Waals surface area contributed by atoms with Gasteiger partial charge >= 0.3 is 0 Å². The fourth-order valence-corrected chi connectivity index (χ4v) is 6.06. The van der Waals surface area contributed by atoms with E-state index in [9.17, 15) is 15.0 Å². The van der Waals surface area contributed by atoms with Crippen molar-refractivity contribution in [2.45, 2.75) is 23.2 Å². The number of halogens is 2. The minimum absolute atomic E-state index is 0.165. The molecule has 0 radical (unpaired) electrons. The molecule has 8 heteroatoms. The summed E-state index contributed by atoms with van der Waals surface area (Å²) in [5.41, 5.74) is -1.92. The Bertz CT molecular complexity index is 1220. The van der Waals surface area contributed by atoms with Crippen LogP contribution in [-0.4, -0.2) is 46.2 Å². The summed E-state index contributed by atoms with van der Waals surface area (Å²) in [5.74, 6) is -1.75. The molecule has 5 rings (SSSR count). The molecule has 1 aromatic heterocycles. The number of nitrogens with zero attached hydrogens (tertiary/aromatic N) is 2. The topological polar surface area (TPSA) is 82.9 Å². The van der Waals surface area contributed by atoms with Gasteiger partial charge < -0.3 is 19.8 Å². The highest BCUT2D eigenvalue weighted by molar-refractivity contribution is 9.10. The molecule has 5 unspecified atom stereocenters. The van der Waals surface area contributed by atoms with Gasteiger partial charge in [0.25, 0.3) is 0 Å². The van der Waals surface area contributed by atoms with Gasteiger partial charge in [-0.15, -0.1) is 0 Å². The Morgan fingerprint density at radius 1 is 1.12 bits per heavy atom. The molecule has 2 N–H and O–H groups in total. The summed E-state index contributed by atoms with van der Waals surface area (Å²) in [6.07, 6.45) is 1.39. The van der Waals surface area contributed by atoms with Crippen molar-refractivity contribution >= 4 is 33.4 Å². The fourth-order valence-electron chi connectivity index (χ4n) is 5.50. The highest BCUT2D eigenvalue weighted by atomic mass is 79.9. The molecular formula is C25H22BrClN2O4. The zero-order valence-corrected chi connectivity index (χ0v) is 20.3. The first-order valence-electron chi connectivity index (χ1n) is 10.5. The Kier molecular flexibility index (Phi) is 5.29. The van der Waals surface area contributed by atoms with E-state index in [-0.39, 0.29) is 22.2 Å². The van der Waals surface area contributed by atoms with Gasteiger partial charge in [0, 0.05) is 30.7 Å². The van der Waals surface area contributed by atoms with E-state index >= 15 is 0 Å². The third kappa shape index (κ3) is 2.93. The maximum absolute atomic E-state index is 13.5. The number of hydrogen-bond acceptors (Lipinski definition) is 5. The Morgan fingerprint density at radius 3 is 2.42 bits per heavy atom. The summed E-state index contributed by atoms with van der Waals surface area (Å²) >= 11 is 9.99. The molecule has 1 saturated carbocycles. The predicted molar refractivity (Wildman–Crippen MR) is 127 cm³/mol. The summed E-state index contributed by atoms with van der Waals surface area (Å²) in [4.78, 5) is 19.0. The van der Waals surface area contributed by atoms with Gasteiger partial charge in [0.05, 0.1) is 22.7 Å². The average Bonchev–Trinajstić information content (AvgIpc) is 3.18. The Morgan fingerprint density at radius 2 is 1.79 bits per heavy atom. The first-order valence-corrected chi connectivity index (χ1v) is 11.7. The number of fused-ring (bicyclic) bond motifs is 3. The minimum atomic E-state index is -2.01. The van der Waals surface area contributed by atoms with Crippen molar-refractivity contribution in [1.29, 1.82) is 0 Å². The lowest BCUT2D eigenvalue weighted by Crippen LogP contribution is -2.52. The number of rotatable bonds is 3. The molecule has 3 aromatic rings. The van der Waals surface area contributed by atoms with Gasteiger partial charge in [-0.25, -0.2) is 0 Å². The first-order chi connectivity index (χ1) is 15.7. The third-order valence-electron chi connectivity index (χ3n) is 6.81. The van der Waals surface area contributed by atoms with Gasteiger partial charge in [0.1, 0.15) is 11.9 Å². The van der Waals surface area contributed by atoms with Crippen molar-refractivity contribution in [2.75, 3.05) is 14.1 Å². The second-order valence-corrected chi connectivity index (χ2v) is 10.0. The van der Waals surface area contributed by atoms with E-state index in [2.05, 4.69) is 20.9 Å². The number of aliphatic hydroxyl groups excluding tert-OH is 1. The molecule has 1 aliphatic heterocycles. The quantitative estimate of drug-likeness (QED) is 0.539. The van der Waals surface area contributed by atoms with Crippen LogP contribution in [0, 0.1) is 5.92 Å². The highest BCUT2D eigenvalue weighted by Crippen LogP contribution is 2.69. The third-order valence-corrected chi connectivity index (χ3v) is 7.62. The maximum atomic E-state index is 13.5. The van der Waals surface area contributed by atoms with Crippen molar-refractivity contribution in [1.82, 2.24) is 9.88 Å². The van der Waals surface area contributed by atoms with Crippen LogP contribution in [0.25, 0.3) is 0 Å². The normalized spacial score (nSPS) is 29.8. The summed E-state index contributed by atoms with van der Waals surface area (Å²) in [5, 5.41) is 24.4. The van der Waals surface area contributed by atoms with E-state index in [1.807, 2.05) is 54.6 Å². The molecule has 2 aromatic carbocycles. The van der Waals surface area contributed by atoms with Crippen molar-refractivity contribution in [3.8, 4) is 5.75 Å². The number of hydrogen-bond donors (Lipinski definition) is 2. The second kappa shape index (κ2) is 7.81. The van der Waals surface area contributed by atoms with E-state index in [0.717, 1.165) is 10.0 Å². The minimum Gasteiger partial charge on any atom is -0.476 e. The van der Waals surface area contributed by atoms with Crippen molar-refractivity contribution < 1.29 is 19.7 Å². The summed E-state index contributed by atoms with van der Waals surface area (Å²) in [6.45, 7) is 0. The molecule has 5 atom stereocenters. The standard InChI is InChI=1S/C25H22BrClN2O4/c1-29(2)23(31)19-20(14-6-4-3-5-7-14)25(15-8-10-16(26)11-9-15)24(32,22(19)30)21-17(27)12-28-13-18(21)33-25/h3-13,19-20,22,30,32H,1-2H3. The van der Waals surface area contributed by atoms with Crippen LogP contribution >= 0.6 is 27.5 Å². The molecule has 2 aliphatic rings. The van der Waals surface area contributed by atoms with Crippen molar-refractivity contribution in [2.24, 2.45) is 5.92 Å². The number of carbonyl (C=O) groups excluding carboxylic acids is 1. The van der Waals surface area contributed by atoms with Crippen LogP contribution in [0.2, 0.25) is 5.02 Å². The molecule has 170 valence electrons. The fraction of sp³-hybridized carbons (Fsp3) is 0.280. The maximum Gasteiger partial charge on any atom is 0.228 e. The van der Waals surface area contributed by atoms with Gasteiger partial charge in [-0.1, -0.05) is 70.0 Å². The lowest BCUT2D eigenvalue weighted by Gasteiger charge is -2.40. The summed E-state index contributed by atoms with van der Waals surface area (Å²) < 4.78 is 7.43. The largest absolute Gasteiger partial charge is 0.476 e. The number of ether oxygens (including phenoxy) is 1. The second-order valence-electron chi connectivity index (χ2n) is 8.70. The molecule has 2 heterocycles. The summed E-state index contributed by atoms with van der Waals surface area (Å²) in [7, 11) is 3.26. The monoisotopic (exact) mass is 528 g/mol. The molecule has 6 nitrogen and oxygen atoms in total. The van der Waals surface area contributed by atoms with Gasteiger partial charge in [-0.2, -0.15) is 0 Å². The van der Waals surface area contributed by atoms with Gasteiger partial charge in [0.15, 0.2) is 11.2 Å². The van der Waals surface area contributed by atoms with E-state index in [0.29, 0.717) is 5.56 Å². The molecule has 0 bridgehead atoms. The SMILES string of the molecule is CN(C)C(=O)C1C(O)C2(O)c3c(Cl)cncc3OC2(c2ccc(Br)cc2)C1c1ccccc1. The van der Waals surface area contributed by atoms with Crippen LogP contribution in [0.1, 0.15) is 22.6 Å². The smallest absolute Gasteiger partial charge is 0.228 e. The van der Waals surface area contributed by atoms with Crippen LogP contribution in [0.5, 0.6) is 5.75 Å². The van der Waals surface area contributed by atoms with Crippen molar-refractivity contribution in [3.63, 3.8) is 0 Å². The predicted octanol–water partition coefficient (Wildman–Crippen LogP) is 3.84. The first kappa shape index (κ1) is 22.3. The van der Waals surface area contributed by atoms with Crippen LogP contribution in [-0.2, 0) is 16.0 Å². The highest BCUT2D eigenvalue weighted by Gasteiger charge is 2.77. The Balaban J connectivity index is 1.88. The number of aromatic nitrogens is 1. The van der Waals surface area contributed by atoms with Gasteiger partial charge in [-0.3, -0.25) is 9.78 Å². The number of carbonyl (C=O) groups is 1. The Labute approximate surface area is 204 Å². The number of aliphatic hydroxyl groups is 2. The average molecular weight is 530 g/mol. The molecule has 1 aliphatic carbocycles. The molecule has 1 fully saturated rings. The van der Waals surface area contributed by atoms with Gasteiger partial charge in [0.2, 0.25) is 5.91 Å². The van der Waals surface area contributed by atoms with Gasteiger partial charge in [-0.05, 0) is 23.3 Å². The molecule has 0 spiro atoms. The van der Waals surface area contributed by atoms with Crippen LogP contribution in [0.4, 0.5) is 0 Å². The molecular weight excluding hydrogens is 508 g/mol.